The van der Waals surface area contributed by atoms with Gasteiger partial charge < -0.3 is 4.90 Å². The molecule has 0 radical (unpaired) electrons. The molecule has 14 rings (SSSR count). The summed E-state index contributed by atoms with van der Waals surface area (Å²) in [6, 6.07) is 78.1. The molecule has 0 bridgehead atoms. The van der Waals surface area contributed by atoms with Crippen molar-refractivity contribution in [3.05, 3.63) is 217 Å². The van der Waals surface area contributed by atoms with Crippen LogP contribution < -0.4 is 21.3 Å². The first-order chi connectivity index (χ1) is 35.9. The zero-order valence-corrected chi connectivity index (χ0v) is 45.6. The number of rotatable bonds is 6. The summed E-state index contributed by atoms with van der Waals surface area (Å²) in [6.45, 7) is 13.8. The van der Waals surface area contributed by atoms with E-state index in [-0.39, 0.29) is 17.5 Å². The van der Waals surface area contributed by atoms with E-state index >= 15 is 0 Å². The Hall–Kier alpha value is -6.80. The third-order valence-electron chi connectivity index (χ3n) is 15.3. The van der Waals surface area contributed by atoms with E-state index in [1.54, 1.807) is 0 Å². The Balaban J connectivity index is 1.02. The van der Waals surface area contributed by atoms with Crippen LogP contribution in [-0.2, 0) is 10.8 Å². The molecule has 0 fully saturated rings. The summed E-state index contributed by atoms with van der Waals surface area (Å²) in [5, 5.41) is 5.52. The number of hydrogen-bond acceptors (Lipinski definition) is 5. The van der Waals surface area contributed by atoms with E-state index in [1.165, 1.54) is 121 Å². The SMILES string of the molecule is CC(C)(C)c1ccc(N(c2ccc(C(C)(C)C)cc2)c2ccc3c(c2)Sc2cc(-c4cc(-c5ccccc5)cc(-c5ccccc5)c4)cc4c2B3c2c(c3sc5ccccc5c3c3c2sc2ccccc23)S4)cc1. The predicted octanol–water partition coefficient (Wildman–Crippen LogP) is 18.9. The number of hydrogen-bond donors (Lipinski definition) is 0. The Labute approximate surface area is 451 Å². The molecule has 0 N–H and O–H groups in total. The molecule has 356 valence electrons. The second-order valence-corrected chi connectivity index (χ2v) is 26.3. The summed E-state index contributed by atoms with van der Waals surface area (Å²) >= 11 is 7.92. The topological polar surface area (TPSA) is 3.24 Å². The summed E-state index contributed by atoms with van der Waals surface area (Å²) in [5.74, 6) is 0. The van der Waals surface area contributed by atoms with Gasteiger partial charge in [-0.15, -0.1) is 22.7 Å². The van der Waals surface area contributed by atoms with Gasteiger partial charge in [0.25, 0.3) is 0 Å². The van der Waals surface area contributed by atoms with Crippen LogP contribution in [0.25, 0.3) is 73.7 Å². The quantitative estimate of drug-likeness (QED) is 0.153. The molecule has 0 saturated heterocycles. The number of fused-ring (bicyclic) bond motifs is 13. The number of benzene rings is 10. The van der Waals surface area contributed by atoms with Crippen LogP contribution in [0.4, 0.5) is 17.1 Å². The highest BCUT2D eigenvalue weighted by Gasteiger charge is 2.42. The average molecular weight is 1020 g/mol. The predicted molar refractivity (Wildman–Crippen MR) is 326 cm³/mol. The summed E-state index contributed by atoms with van der Waals surface area (Å²) in [7, 11) is 0. The monoisotopic (exact) mass is 1020 g/mol. The van der Waals surface area contributed by atoms with Gasteiger partial charge in [-0.3, -0.25) is 0 Å². The van der Waals surface area contributed by atoms with Crippen molar-refractivity contribution in [1.29, 1.82) is 0 Å². The Morgan fingerprint density at radius 1 is 0.365 bits per heavy atom. The molecule has 0 amide bonds. The van der Waals surface area contributed by atoms with E-state index in [0.717, 1.165) is 17.1 Å². The van der Waals surface area contributed by atoms with Crippen LogP contribution in [0.2, 0.25) is 0 Å². The van der Waals surface area contributed by atoms with Crippen molar-refractivity contribution in [3.63, 3.8) is 0 Å². The van der Waals surface area contributed by atoms with Crippen molar-refractivity contribution in [2.45, 2.75) is 72.0 Å². The van der Waals surface area contributed by atoms with Gasteiger partial charge in [-0.05, 0) is 145 Å². The molecule has 1 nitrogen and oxygen atoms in total. The maximum atomic E-state index is 2.52. The van der Waals surface area contributed by atoms with Gasteiger partial charge in [0.2, 0.25) is 6.71 Å². The number of anilines is 3. The molecule has 0 unspecified atom stereocenters. The van der Waals surface area contributed by atoms with Gasteiger partial charge in [-0.2, -0.15) is 0 Å². The fourth-order valence-electron chi connectivity index (χ4n) is 11.5. The maximum absolute atomic E-state index is 2.52. The van der Waals surface area contributed by atoms with Crippen LogP contribution in [0.3, 0.4) is 0 Å². The van der Waals surface area contributed by atoms with E-state index in [4.69, 9.17) is 0 Å². The molecule has 10 aromatic carbocycles. The molecule has 2 aliphatic heterocycles. The summed E-state index contributed by atoms with van der Waals surface area (Å²) in [4.78, 5) is 7.86. The van der Waals surface area contributed by atoms with Crippen LogP contribution in [0.15, 0.2) is 226 Å². The van der Waals surface area contributed by atoms with Crippen LogP contribution in [-0.4, -0.2) is 6.71 Å². The molecule has 6 heteroatoms. The number of thiophene rings is 2. The summed E-state index contributed by atoms with van der Waals surface area (Å²) in [6.07, 6.45) is 0. The Bertz CT molecular complexity index is 4080. The average Bonchev–Trinajstić information content (AvgIpc) is 4.00. The lowest BCUT2D eigenvalue weighted by Crippen LogP contribution is -2.58. The zero-order chi connectivity index (χ0) is 50.0. The first-order valence-electron chi connectivity index (χ1n) is 25.7. The van der Waals surface area contributed by atoms with Crippen molar-refractivity contribution in [1.82, 2.24) is 0 Å². The lowest BCUT2D eigenvalue weighted by Gasteiger charge is -2.35. The minimum absolute atomic E-state index is 0.0434. The fourth-order valence-corrected chi connectivity index (χ4v) is 16.8. The number of nitrogens with zero attached hydrogens (tertiary/aromatic N) is 1. The van der Waals surface area contributed by atoms with Crippen LogP contribution >= 0.6 is 46.2 Å². The minimum Gasteiger partial charge on any atom is -0.310 e. The van der Waals surface area contributed by atoms with Crippen molar-refractivity contribution in [2.75, 3.05) is 4.90 Å². The van der Waals surface area contributed by atoms with E-state index in [2.05, 4.69) is 253 Å². The first-order valence-corrected chi connectivity index (χ1v) is 28.9. The standard InChI is InChI=1S/C68H52BNS4/c1-67(2,3)47-25-29-49(30-26-47)70(50-31-27-48(28-32-50)68(4,5)6)51-33-34-54-57(40-51)71-58-38-46(45-36-43(41-17-9-7-10-18-41)35-44(37-45)42-19-11-8-12-20-42)39-59-62(58)69(54)63-64-60(52-21-13-15-23-55(52)72-64)61-53-22-14-16-24-56(53)73-65(61)66(63)74-59/h7-40H,1-6H3. The molecule has 74 heavy (non-hydrogen) atoms. The van der Waals surface area contributed by atoms with Crippen molar-refractivity contribution in [2.24, 2.45) is 0 Å². The normalized spacial score (nSPS) is 13.1. The molecular formula is C68H52BNS4. The molecule has 2 aromatic heterocycles. The second-order valence-electron chi connectivity index (χ2n) is 22.1. The molecule has 4 heterocycles. The van der Waals surface area contributed by atoms with Gasteiger partial charge in [0, 0.05) is 77.0 Å². The van der Waals surface area contributed by atoms with E-state index in [1.807, 2.05) is 46.2 Å². The maximum Gasteiger partial charge on any atom is 0.249 e. The molecule has 0 atom stereocenters. The highest BCUT2D eigenvalue weighted by molar-refractivity contribution is 8.01. The lowest BCUT2D eigenvalue weighted by atomic mass is 9.36. The Morgan fingerprint density at radius 2 is 0.811 bits per heavy atom. The largest absolute Gasteiger partial charge is 0.310 e. The van der Waals surface area contributed by atoms with Crippen LogP contribution in [0.1, 0.15) is 52.7 Å². The third kappa shape index (κ3) is 7.59. The van der Waals surface area contributed by atoms with Crippen molar-refractivity contribution >= 4 is 127 Å². The Kier molecular flexibility index (Phi) is 10.8. The molecule has 2 aliphatic rings. The van der Waals surface area contributed by atoms with Crippen molar-refractivity contribution in [3.8, 4) is 33.4 Å². The van der Waals surface area contributed by atoms with Gasteiger partial charge in [-0.1, -0.05) is 198 Å². The third-order valence-corrected chi connectivity index (χ3v) is 20.1. The van der Waals surface area contributed by atoms with E-state index in [0.29, 0.717) is 0 Å². The van der Waals surface area contributed by atoms with Crippen LogP contribution in [0, 0.1) is 0 Å². The highest BCUT2D eigenvalue weighted by atomic mass is 32.2. The molecule has 0 spiro atoms. The van der Waals surface area contributed by atoms with Crippen LogP contribution in [0.5, 0.6) is 0 Å². The smallest absolute Gasteiger partial charge is 0.249 e. The van der Waals surface area contributed by atoms with Gasteiger partial charge in [0.05, 0.1) is 0 Å². The zero-order valence-electron chi connectivity index (χ0n) is 42.3. The lowest BCUT2D eigenvalue weighted by molar-refractivity contribution is 0.590. The van der Waals surface area contributed by atoms with Gasteiger partial charge in [0.1, 0.15) is 0 Å². The second kappa shape index (κ2) is 17.4. The van der Waals surface area contributed by atoms with Gasteiger partial charge in [-0.25, -0.2) is 0 Å². The minimum atomic E-state index is 0.0434. The first kappa shape index (κ1) is 45.8. The highest BCUT2D eigenvalue weighted by Crippen LogP contribution is 2.52. The summed E-state index contributed by atoms with van der Waals surface area (Å²) in [5.41, 5.74) is 17.8. The fraction of sp³-hybridized carbons (Fsp3) is 0.118. The summed E-state index contributed by atoms with van der Waals surface area (Å²) < 4.78 is 5.50. The van der Waals surface area contributed by atoms with E-state index in [9.17, 15) is 0 Å². The molecular weight excluding hydrogens is 970 g/mol. The molecule has 0 aliphatic carbocycles. The van der Waals surface area contributed by atoms with Gasteiger partial charge >= 0.3 is 0 Å². The van der Waals surface area contributed by atoms with E-state index < -0.39 is 0 Å². The van der Waals surface area contributed by atoms with Gasteiger partial charge in [0.15, 0.2) is 0 Å². The molecule has 0 saturated carbocycles. The molecule has 12 aromatic rings. The van der Waals surface area contributed by atoms with Crippen molar-refractivity contribution < 1.29 is 0 Å². The Morgan fingerprint density at radius 3 is 1.35 bits per heavy atom.